The highest BCUT2D eigenvalue weighted by Gasteiger charge is 2.22. The maximum absolute atomic E-state index is 5.50. The Balaban J connectivity index is 1.36. The van der Waals surface area contributed by atoms with Gasteiger partial charge in [0, 0.05) is 70.3 Å². The van der Waals surface area contributed by atoms with E-state index in [1.807, 2.05) is 19.3 Å². The van der Waals surface area contributed by atoms with Crippen molar-refractivity contribution in [1.29, 1.82) is 0 Å². The SMILES string of the molecule is CN=C(NCc1cccnc1N1CCOCC1)N1CCN(c2cccc(C)c2C)CC1. The maximum atomic E-state index is 5.50. The highest BCUT2D eigenvalue weighted by molar-refractivity contribution is 5.80. The molecule has 0 bridgehead atoms. The van der Waals surface area contributed by atoms with Gasteiger partial charge in [-0.05, 0) is 37.1 Å². The van der Waals surface area contributed by atoms with Gasteiger partial charge in [0.25, 0.3) is 0 Å². The summed E-state index contributed by atoms with van der Waals surface area (Å²) in [6.07, 6.45) is 1.87. The standard InChI is InChI=1S/C24H34N6O/c1-19-6-4-8-22(20(19)2)28-10-12-30(13-11-28)24(25-3)27-18-21-7-5-9-26-23(21)29-14-16-31-17-15-29/h4-9H,10-18H2,1-3H3,(H,25,27). The number of guanidine groups is 1. The van der Waals surface area contributed by atoms with Crippen LogP contribution in [0.4, 0.5) is 11.5 Å². The Hall–Kier alpha value is -2.80. The molecule has 7 nitrogen and oxygen atoms in total. The minimum atomic E-state index is 0.713. The summed E-state index contributed by atoms with van der Waals surface area (Å²) in [6, 6.07) is 10.7. The van der Waals surface area contributed by atoms with Crippen LogP contribution >= 0.6 is 0 Å². The largest absolute Gasteiger partial charge is 0.378 e. The molecule has 3 heterocycles. The van der Waals surface area contributed by atoms with Crippen molar-refractivity contribution < 1.29 is 4.74 Å². The van der Waals surface area contributed by atoms with Crippen LogP contribution in [0.1, 0.15) is 16.7 Å². The van der Waals surface area contributed by atoms with E-state index in [1.165, 1.54) is 22.4 Å². The van der Waals surface area contributed by atoms with Gasteiger partial charge in [-0.3, -0.25) is 4.99 Å². The number of hydrogen-bond acceptors (Lipinski definition) is 5. The number of morpholine rings is 1. The van der Waals surface area contributed by atoms with Crippen molar-refractivity contribution in [3.8, 4) is 0 Å². The Bertz CT molecular complexity index is 901. The summed E-state index contributed by atoms with van der Waals surface area (Å²) in [5.41, 5.74) is 5.28. The van der Waals surface area contributed by atoms with E-state index in [0.29, 0.717) is 6.54 Å². The molecule has 31 heavy (non-hydrogen) atoms. The third-order valence-electron chi connectivity index (χ3n) is 6.32. The summed E-state index contributed by atoms with van der Waals surface area (Å²) in [5, 5.41) is 3.57. The molecule has 0 amide bonds. The molecule has 2 fully saturated rings. The van der Waals surface area contributed by atoms with Crippen molar-refractivity contribution in [3.05, 3.63) is 53.2 Å². The Labute approximate surface area is 185 Å². The second-order valence-electron chi connectivity index (χ2n) is 8.18. The third kappa shape index (κ3) is 4.93. The molecule has 0 unspecified atom stereocenters. The van der Waals surface area contributed by atoms with Crippen LogP contribution in [-0.4, -0.2) is 75.4 Å². The van der Waals surface area contributed by atoms with Gasteiger partial charge in [-0.15, -0.1) is 0 Å². The molecule has 2 saturated heterocycles. The molecule has 166 valence electrons. The van der Waals surface area contributed by atoms with Crippen molar-refractivity contribution >= 4 is 17.5 Å². The first-order valence-corrected chi connectivity index (χ1v) is 11.2. The zero-order valence-corrected chi connectivity index (χ0v) is 19.0. The first-order chi connectivity index (χ1) is 15.2. The summed E-state index contributed by atoms with van der Waals surface area (Å²) in [5.74, 6) is 2.01. The number of ether oxygens (including phenoxy) is 1. The lowest BCUT2D eigenvalue weighted by Gasteiger charge is -2.38. The van der Waals surface area contributed by atoms with Gasteiger partial charge in [0.2, 0.25) is 0 Å². The van der Waals surface area contributed by atoms with E-state index < -0.39 is 0 Å². The summed E-state index contributed by atoms with van der Waals surface area (Å²) >= 11 is 0. The van der Waals surface area contributed by atoms with Gasteiger partial charge in [-0.1, -0.05) is 18.2 Å². The molecule has 1 aromatic heterocycles. The first kappa shape index (κ1) is 21.4. The average molecular weight is 423 g/mol. The van der Waals surface area contributed by atoms with Crippen LogP contribution in [-0.2, 0) is 11.3 Å². The summed E-state index contributed by atoms with van der Waals surface area (Å²) in [4.78, 5) is 16.4. The molecule has 1 aromatic carbocycles. The van der Waals surface area contributed by atoms with Crippen molar-refractivity contribution in [2.45, 2.75) is 20.4 Å². The fraction of sp³-hybridized carbons (Fsp3) is 0.500. The highest BCUT2D eigenvalue weighted by atomic mass is 16.5. The quantitative estimate of drug-likeness (QED) is 0.603. The lowest BCUT2D eigenvalue weighted by Crippen LogP contribution is -2.52. The number of aliphatic imine (C=N–C) groups is 1. The Kier molecular flexibility index (Phi) is 6.92. The first-order valence-electron chi connectivity index (χ1n) is 11.2. The molecule has 2 aromatic rings. The van der Waals surface area contributed by atoms with Crippen LogP contribution in [0, 0.1) is 13.8 Å². The molecule has 2 aliphatic rings. The second-order valence-corrected chi connectivity index (χ2v) is 8.18. The van der Waals surface area contributed by atoms with Crippen molar-refractivity contribution in [3.63, 3.8) is 0 Å². The van der Waals surface area contributed by atoms with Crippen LogP contribution in [0.15, 0.2) is 41.5 Å². The topological polar surface area (TPSA) is 56.2 Å². The number of nitrogens with one attached hydrogen (secondary N) is 1. The van der Waals surface area contributed by atoms with E-state index in [9.17, 15) is 0 Å². The highest BCUT2D eigenvalue weighted by Crippen LogP contribution is 2.24. The van der Waals surface area contributed by atoms with Crippen LogP contribution < -0.4 is 15.1 Å². The molecule has 0 aliphatic carbocycles. The van der Waals surface area contributed by atoms with Crippen molar-refractivity contribution in [2.75, 3.05) is 69.3 Å². The van der Waals surface area contributed by atoms with Crippen LogP contribution in [0.5, 0.6) is 0 Å². The average Bonchev–Trinajstić information content (AvgIpc) is 2.82. The smallest absolute Gasteiger partial charge is 0.194 e. The van der Waals surface area contributed by atoms with Crippen LogP contribution in [0.25, 0.3) is 0 Å². The molecular weight excluding hydrogens is 388 g/mol. The zero-order valence-electron chi connectivity index (χ0n) is 19.0. The van der Waals surface area contributed by atoms with Gasteiger partial charge >= 0.3 is 0 Å². The van der Waals surface area contributed by atoms with E-state index in [0.717, 1.165) is 64.3 Å². The van der Waals surface area contributed by atoms with E-state index in [-0.39, 0.29) is 0 Å². The van der Waals surface area contributed by atoms with Gasteiger partial charge in [-0.25, -0.2) is 4.98 Å². The van der Waals surface area contributed by atoms with Crippen LogP contribution in [0.2, 0.25) is 0 Å². The number of aromatic nitrogens is 1. The number of pyridine rings is 1. The van der Waals surface area contributed by atoms with E-state index in [1.54, 1.807) is 0 Å². The lowest BCUT2D eigenvalue weighted by molar-refractivity contribution is 0.122. The Morgan fingerprint density at radius 2 is 1.77 bits per heavy atom. The fourth-order valence-electron chi connectivity index (χ4n) is 4.37. The van der Waals surface area contributed by atoms with E-state index in [2.05, 4.69) is 68.1 Å². The summed E-state index contributed by atoms with van der Waals surface area (Å²) < 4.78 is 5.50. The van der Waals surface area contributed by atoms with Gasteiger partial charge in [0.05, 0.1) is 13.2 Å². The van der Waals surface area contributed by atoms with Gasteiger partial charge in [-0.2, -0.15) is 0 Å². The molecule has 7 heteroatoms. The van der Waals surface area contributed by atoms with Crippen molar-refractivity contribution in [2.24, 2.45) is 4.99 Å². The molecule has 0 spiro atoms. The third-order valence-corrected chi connectivity index (χ3v) is 6.32. The van der Waals surface area contributed by atoms with Crippen LogP contribution in [0.3, 0.4) is 0 Å². The second kappa shape index (κ2) is 10.0. The van der Waals surface area contributed by atoms with Gasteiger partial charge in [0.1, 0.15) is 5.82 Å². The monoisotopic (exact) mass is 422 g/mol. The van der Waals surface area contributed by atoms with E-state index >= 15 is 0 Å². The molecule has 1 N–H and O–H groups in total. The molecular formula is C24H34N6O. The number of nitrogens with zero attached hydrogens (tertiary/aromatic N) is 5. The number of anilines is 2. The zero-order chi connectivity index (χ0) is 21.6. The predicted molar refractivity (Wildman–Crippen MR) is 127 cm³/mol. The minimum absolute atomic E-state index is 0.713. The molecule has 4 rings (SSSR count). The summed E-state index contributed by atoms with van der Waals surface area (Å²) in [7, 11) is 1.87. The Morgan fingerprint density at radius 1 is 1.00 bits per heavy atom. The molecule has 0 saturated carbocycles. The number of benzene rings is 1. The number of rotatable bonds is 4. The van der Waals surface area contributed by atoms with Gasteiger partial charge in [0.15, 0.2) is 5.96 Å². The predicted octanol–water partition coefficient (Wildman–Crippen LogP) is 2.43. The molecule has 0 atom stereocenters. The lowest BCUT2D eigenvalue weighted by atomic mass is 10.1. The molecule has 0 radical (unpaired) electrons. The summed E-state index contributed by atoms with van der Waals surface area (Å²) in [6.45, 7) is 12.3. The van der Waals surface area contributed by atoms with Crippen molar-refractivity contribution in [1.82, 2.24) is 15.2 Å². The van der Waals surface area contributed by atoms with E-state index in [4.69, 9.17) is 4.74 Å². The Morgan fingerprint density at radius 3 is 2.52 bits per heavy atom. The fourth-order valence-corrected chi connectivity index (χ4v) is 4.37. The van der Waals surface area contributed by atoms with Gasteiger partial charge < -0.3 is 24.8 Å². The number of aryl methyl sites for hydroxylation is 1. The maximum Gasteiger partial charge on any atom is 0.194 e. The normalized spacial score (nSPS) is 17.8. The number of hydrogen-bond donors (Lipinski definition) is 1. The number of piperazine rings is 1. The molecule has 2 aliphatic heterocycles. The minimum Gasteiger partial charge on any atom is -0.378 e.